The summed E-state index contributed by atoms with van der Waals surface area (Å²) in [5, 5.41) is 7.05. The molecule has 37 heavy (non-hydrogen) atoms. The Labute approximate surface area is 212 Å². The molecule has 7 nitrogen and oxygen atoms in total. The van der Waals surface area contributed by atoms with Crippen molar-refractivity contribution in [2.45, 2.75) is 5.92 Å². The normalized spacial score (nSPS) is 14.2. The lowest BCUT2D eigenvalue weighted by Gasteiger charge is -2.29. The molecule has 0 saturated heterocycles. The van der Waals surface area contributed by atoms with Crippen LogP contribution in [0.5, 0.6) is 23.1 Å². The van der Waals surface area contributed by atoms with Crippen LogP contribution in [-0.2, 0) is 0 Å². The highest BCUT2D eigenvalue weighted by atomic mass is 16.5. The molecule has 7 rings (SSSR count). The lowest BCUT2D eigenvalue weighted by Crippen LogP contribution is -2.15. The summed E-state index contributed by atoms with van der Waals surface area (Å²) in [5.41, 5.74) is 4.63. The Morgan fingerprint density at radius 3 is 2.46 bits per heavy atom. The maximum absolute atomic E-state index is 6.40. The molecular formula is C30H22N4O3. The molecule has 7 heteroatoms. The van der Waals surface area contributed by atoms with Crippen LogP contribution in [0.15, 0.2) is 91.3 Å². The highest BCUT2D eigenvalue weighted by Gasteiger charge is 2.34. The number of aromatic nitrogens is 4. The number of hydrogen-bond donors (Lipinski definition) is 0. The van der Waals surface area contributed by atoms with Crippen molar-refractivity contribution in [3.63, 3.8) is 0 Å². The number of nitrogens with zero attached hydrogens (tertiary/aromatic N) is 4. The summed E-state index contributed by atoms with van der Waals surface area (Å²) in [4.78, 5) is 9.66. The SMILES string of the molecule is COc1ccc(-c2nc3c4c(ncn3n2)Oc2ccc3ccccc3c2C4c2ccccc2)cc1OC. The Bertz CT molecular complexity index is 1800. The van der Waals surface area contributed by atoms with Gasteiger partial charge in [-0.05, 0) is 40.6 Å². The van der Waals surface area contributed by atoms with Gasteiger partial charge in [0, 0.05) is 17.0 Å². The fraction of sp³-hybridized carbons (Fsp3) is 0.100. The smallest absolute Gasteiger partial charge is 0.228 e. The highest BCUT2D eigenvalue weighted by molar-refractivity contribution is 5.91. The van der Waals surface area contributed by atoms with Crippen molar-refractivity contribution in [1.29, 1.82) is 0 Å². The summed E-state index contributed by atoms with van der Waals surface area (Å²) in [5.74, 6) is 3.03. The Morgan fingerprint density at radius 1 is 0.811 bits per heavy atom. The van der Waals surface area contributed by atoms with Crippen LogP contribution in [0.3, 0.4) is 0 Å². The second-order valence-corrected chi connectivity index (χ2v) is 8.88. The molecule has 0 fully saturated rings. The highest BCUT2D eigenvalue weighted by Crippen LogP contribution is 2.50. The number of methoxy groups -OCH3 is 2. The third-order valence-corrected chi connectivity index (χ3v) is 6.88. The van der Waals surface area contributed by atoms with E-state index in [2.05, 4.69) is 59.6 Å². The van der Waals surface area contributed by atoms with Crippen LogP contribution in [-0.4, -0.2) is 33.8 Å². The summed E-state index contributed by atoms with van der Waals surface area (Å²) in [7, 11) is 3.23. The summed E-state index contributed by atoms with van der Waals surface area (Å²) in [6.45, 7) is 0. The second kappa shape index (κ2) is 8.34. The quantitative estimate of drug-likeness (QED) is 0.293. The fourth-order valence-electron chi connectivity index (χ4n) is 5.18. The van der Waals surface area contributed by atoms with E-state index >= 15 is 0 Å². The van der Waals surface area contributed by atoms with Crippen molar-refractivity contribution in [3.8, 4) is 34.5 Å². The molecule has 6 aromatic rings. The monoisotopic (exact) mass is 486 g/mol. The Kier molecular flexibility index (Phi) is 4.82. The lowest BCUT2D eigenvalue weighted by atomic mass is 9.81. The zero-order valence-electron chi connectivity index (χ0n) is 20.3. The van der Waals surface area contributed by atoms with Crippen LogP contribution < -0.4 is 14.2 Å². The maximum atomic E-state index is 6.40. The molecular weight excluding hydrogens is 464 g/mol. The number of hydrogen-bond acceptors (Lipinski definition) is 6. The Balaban J connectivity index is 1.49. The van der Waals surface area contributed by atoms with Crippen LogP contribution in [0.1, 0.15) is 22.6 Å². The standard InChI is InChI=1S/C30H22N4O3/c1-35-22-14-13-20(16-24(22)36-2)28-32-29-27-25(19-9-4-3-5-10-19)26-21-11-7-6-8-18(21)12-15-23(26)37-30(27)31-17-34(29)33-28/h3-17,25H,1-2H3. The molecule has 0 saturated carbocycles. The first-order chi connectivity index (χ1) is 18.2. The van der Waals surface area contributed by atoms with Gasteiger partial charge in [0.1, 0.15) is 12.1 Å². The molecule has 0 amide bonds. The number of rotatable bonds is 4. The maximum Gasteiger partial charge on any atom is 0.228 e. The molecule has 0 radical (unpaired) electrons. The average molecular weight is 487 g/mol. The fourth-order valence-corrected chi connectivity index (χ4v) is 5.18. The van der Waals surface area contributed by atoms with E-state index in [0.717, 1.165) is 38.8 Å². The molecule has 1 unspecified atom stereocenters. The third-order valence-electron chi connectivity index (χ3n) is 6.88. The zero-order chi connectivity index (χ0) is 24.9. The predicted octanol–water partition coefficient (Wildman–Crippen LogP) is 6.25. The molecule has 2 aromatic heterocycles. The second-order valence-electron chi connectivity index (χ2n) is 8.88. The molecule has 3 heterocycles. The van der Waals surface area contributed by atoms with Crippen LogP contribution in [0.2, 0.25) is 0 Å². The van der Waals surface area contributed by atoms with Crippen molar-refractivity contribution >= 4 is 16.4 Å². The summed E-state index contributed by atoms with van der Waals surface area (Å²) in [6, 6.07) is 28.6. The van der Waals surface area contributed by atoms with Gasteiger partial charge in [-0.1, -0.05) is 60.7 Å². The molecule has 1 aliphatic rings. The van der Waals surface area contributed by atoms with Crippen molar-refractivity contribution < 1.29 is 14.2 Å². The average Bonchev–Trinajstić information content (AvgIpc) is 3.40. The van der Waals surface area contributed by atoms with Gasteiger partial charge < -0.3 is 14.2 Å². The van der Waals surface area contributed by atoms with Gasteiger partial charge in [0.25, 0.3) is 0 Å². The first-order valence-electron chi connectivity index (χ1n) is 12.0. The Hall–Kier alpha value is -4.91. The number of benzene rings is 4. The zero-order valence-corrected chi connectivity index (χ0v) is 20.3. The van der Waals surface area contributed by atoms with Crippen LogP contribution >= 0.6 is 0 Å². The predicted molar refractivity (Wildman–Crippen MR) is 141 cm³/mol. The van der Waals surface area contributed by atoms with Gasteiger partial charge in [0.05, 0.1) is 19.8 Å². The minimum atomic E-state index is -0.135. The van der Waals surface area contributed by atoms with Gasteiger partial charge in [-0.2, -0.15) is 0 Å². The van der Waals surface area contributed by atoms with Crippen LogP contribution in [0, 0.1) is 0 Å². The summed E-state index contributed by atoms with van der Waals surface area (Å²) >= 11 is 0. The molecule has 1 atom stereocenters. The van der Waals surface area contributed by atoms with E-state index in [9.17, 15) is 0 Å². The van der Waals surface area contributed by atoms with Crippen LogP contribution in [0.4, 0.5) is 0 Å². The molecule has 4 aromatic carbocycles. The largest absolute Gasteiger partial charge is 0.493 e. The molecule has 0 aliphatic carbocycles. The van der Waals surface area contributed by atoms with E-state index in [1.54, 1.807) is 25.1 Å². The number of ether oxygens (including phenoxy) is 3. The lowest BCUT2D eigenvalue weighted by molar-refractivity contribution is 0.355. The molecule has 0 N–H and O–H groups in total. The van der Waals surface area contributed by atoms with Gasteiger partial charge in [0.15, 0.2) is 23.0 Å². The minimum absolute atomic E-state index is 0.135. The summed E-state index contributed by atoms with van der Waals surface area (Å²) < 4.78 is 19.0. The minimum Gasteiger partial charge on any atom is -0.493 e. The van der Waals surface area contributed by atoms with E-state index in [4.69, 9.17) is 24.3 Å². The van der Waals surface area contributed by atoms with Gasteiger partial charge in [-0.25, -0.2) is 14.5 Å². The Morgan fingerprint density at radius 2 is 1.62 bits per heavy atom. The first kappa shape index (κ1) is 21.4. The third kappa shape index (κ3) is 3.31. The van der Waals surface area contributed by atoms with Gasteiger partial charge in [-0.15, -0.1) is 5.10 Å². The van der Waals surface area contributed by atoms with Crippen molar-refractivity contribution in [2.75, 3.05) is 14.2 Å². The van der Waals surface area contributed by atoms with E-state index in [1.807, 2.05) is 30.3 Å². The van der Waals surface area contributed by atoms with E-state index in [-0.39, 0.29) is 5.92 Å². The topological polar surface area (TPSA) is 70.8 Å². The molecule has 0 spiro atoms. The van der Waals surface area contributed by atoms with E-state index < -0.39 is 0 Å². The van der Waals surface area contributed by atoms with Gasteiger partial charge in [-0.3, -0.25) is 0 Å². The van der Waals surface area contributed by atoms with Crippen molar-refractivity contribution in [2.24, 2.45) is 0 Å². The van der Waals surface area contributed by atoms with Crippen molar-refractivity contribution in [3.05, 3.63) is 108 Å². The molecule has 180 valence electrons. The van der Waals surface area contributed by atoms with E-state index in [0.29, 0.717) is 28.9 Å². The molecule has 1 aliphatic heterocycles. The number of fused-ring (bicyclic) bond motifs is 6. The van der Waals surface area contributed by atoms with Gasteiger partial charge in [0.2, 0.25) is 5.88 Å². The summed E-state index contributed by atoms with van der Waals surface area (Å²) in [6.07, 6.45) is 1.65. The molecule has 0 bridgehead atoms. The van der Waals surface area contributed by atoms with Gasteiger partial charge >= 0.3 is 0 Å². The first-order valence-corrected chi connectivity index (χ1v) is 12.0. The van der Waals surface area contributed by atoms with Crippen molar-refractivity contribution in [1.82, 2.24) is 19.6 Å². The van der Waals surface area contributed by atoms with Crippen LogP contribution in [0.25, 0.3) is 27.8 Å². The van der Waals surface area contributed by atoms with E-state index in [1.165, 1.54) is 0 Å².